The van der Waals surface area contributed by atoms with Gasteiger partial charge in [0, 0.05) is 38.6 Å². The van der Waals surface area contributed by atoms with Crippen LogP contribution >= 0.6 is 12.4 Å². The molecule has 130 valence electrons. The molecule has 1 fully saturated rings. The number of ether oxygens (including phenoxy) is 1. The molecule has 1 amide bonds. The second kappa shape index (κ2) is 9.80. The lowest BCUT2D eigenvalue weighted by Crippen LogP contribution is -2.50. The molecule has 2 unspecified atom stereocenters. The summed E-state index contributed by atoms with van der Waals surface area (Å²) in [5.41, 5.74) is 0.725. The van der Waals surface area contributed by atoms with E-state index in [1.165, 1.54) is 6.07 Å². The fraction of sp³-hybridized carbons (Fsp3) is 0.562. The molecule has 0 radical (unpaired) electrons. The van der Waals surface area contributed by atoms with Crippen molar-refractivity contribution < 1.29 is 18.3 Å². The Morgan fingerprint density at radius 2 is 2.17 bits per heavy atom. The molecule has 0 aliphatic carbocycles. The Morgan fingerprint density at radius 1 is 1.39 bits per heavy atom. The van der Waals surface area contributed by atoms with Crippen molar-refractivity contribution in [1.29, 1.82) is 0 Å². The minimum absolute atomic E-state index is 0. The maximum absolute atomic E-state index is 13.4. The maximum atomic E-state index is 13.4. The predicted octanol–water partition coefficient (Wildman–Crippen LogP) is 2.37. The van der Waals surface area contributed by atoms with E-state index in [0.717, 1.165) is 24.6 Å². The summed E-state index contributed by atoms with van der Waals surface area (Å²) in [5, 5.41) is 6.21. The number of piperidine rings is 1. The molecule has 1 aromatic carbocycles. The molecule has 2 rings (SSSR count). The van der Waals surface area contributed by atoms with Gasteiger partial charge in [0.25, 0.3) is 0 Å². The molecule has 1 heterocycles. The van der Waals surface area contributed by atoms with Crippen molar-refractivity contribution in [2.45, 2.75) is 31.2 Å². The van der Waals surface area contributed by atoms with E-state index in [1.807, 2.05) is 0 Å². The van der Waals surface area contributed by atoms with Crippen LogP contribution in [-0.4, -0.2) is 38.8 Å². The van der Waals surface area contributed by atoms with Gasteiger partial charge in [-0.1, -0.05) is 6.07 Å². The van der Waals surface area contributed by atoms with Crippen molar-refractivity contribution in [3.8, 4) is 0 Å². The van der Waals surface area contributed by atoms with E-state index in [0.29, 0.717) is 26.0 Å². The number of carbonyl (C=O) groups excluding carboxylic acids is 1. The van der Waals surface area contributed by atoms with Crippen molar-refractivity contribution in [3.05, 3.63) is 35.4 Å². The molecule has 7 heteroatoms. The van der Waals surface area contributed by atoms with Gasteiger partial charge in [-0.15, -0.1) is 12.4 Å². The lowest BCUT2D eigenvalue weighted by Gasteiger charge is -2.33. The summed E-state index contributed by atoms with van der Waals surface area (Å²) in [4.78, 5) is 12.0. The summed E-state index contributed by atoms with van der Waals surface area (Å²) >= 11 is 0. The summed E-state index contributed by atoms with van der Waals surface area (Å²) in [6.07, 6.45) is 1.83. The second-order valence-corrected chi connectivity index (χ2v) is 5.54. The van der Waals surface area contributed by atoms with Crippen LogP contribution in [0.3, 0.4) is 0 Å². The minimum Gasteiger partial charge on any atom is -0.385 e. The fourth-order valence-electron chi connectivity index (χ4n) is 2.81. The largest absolute Gasteiger partial charge is 0.385 e. The Labute approximate surface area is 141 Å². The first kappa shape index (κ1) is 19.8. The Kier molecular flexibility index (Phi) is 8.44. The molecule has 0 aromatic heterocycles. The summed E-state index contributed by atoms with van der Waals surface area (Å²) in [5.74, 6) is -1.75. The van der Waals surface area contributed by atoms with Gasteiger partial charge < -0.3 is 15.4 Å². The van der Waals surface area contributed by atoms with Crippen LogP contribution in [0.15, 0.2) is 18.2 Å². The Hall–Kier alpha value is -1.24. The number of halogens is 3. The molecule has 0 bridgehead atoms. The number of hydrogen-bond acceptors (Lipinski definition) is 3. The van der Waals surface area contributed by atoms with Crippen LogP contribution in [0, 0.1) is 11.6 Å². The van der Waals surface area contributed by atoms with E-state index in [-0.39, 0.29) is 30.3 Å². The zero-order valence-corrected chi connectivity index (χ0v) is 13.9. The van der Waals surface area contributed by atoms with Gasteiger partial charge in [0.1, 0.15) is 0 Å². The molecule has 1 saturated heterocycles. The SMILES string of the molecule is COCCCC(=O)NC1CNCCC1c1ccc(F)c(F)c1.Cl. The molecule has 1 aliphatic rings. The van der Waals surface area contributed by atoms with Gasteiger partial charge in [-0.05, 0) is 37.1 Å². The molecule has 0 saturated carbocycles. The van der Waals surface area contributed by atoms with Crippen molar-refractivity contribution in [2.24, 2.45) is 0 Å². The summed E-state index contributed by atoms with van der Waals surface area (Å²) in [6.45, 7) is 1.96. The summed E-state index contributed by atoms with van der Waals surface area (Å²) in [6, 6.07) is 3.85. The van der Waals surface area contributed by atoms with Crippen molar-refractivity contribution in [1.82, 2.24) is 10.6 Å². The van der Waals surface area contributed by atoms with Gasteiger partial charge in [0.2, 0.25) is 5.91 Å². The van der Waals surface area contributed by atoms with Crippen LogP contribution in [-0.2, 0) is 9.53 Å². The highest BCUT2D eigenvalue weighted by Gasteiger charge is 2.28. The standard InChI is InChI=1S/C16H22F2N2O2.ClH/c1-22-8-2-3-16(21)20-15-10-19-7-6-12(15)11-4-5-13(17)14(18)9-11;/h4-5,9,12,15,19H,2-3,6-8,10H2,1H3,(H,20,21);1H. The van der Waals surface area contributed by atoms with E-state index >= 15 is 0 Å². The van der Waals surface area contributed by atoms with Gasteiger partial charge in [0.15, 0.2) is 11.6 Å². The first-order valence-electron chi connectivity index (χ1n) is 7.55. The Balaban J connectivity index is 0.00000264. The minimum atomic E-state index is -0.849. The van der Waals surface area contributed by atoms with Crippen LogP contribution in [0.5, 0.6) is 0 Å². The van der Waals surface area contributed by atoms with Crippen LogP contribution in [0.2, 0.25) is 0 Å². The second-order valence-electron chi connectivity index (χ2n) is 5.54. The third-order valence-electron chi connectivity index (χ3n) is 3.95. The van der Waals surface area contributed by atoms with Crippen molar-refractivity contribution >= 4 is 18.3 Å². The number of amides is 1. The molecular weight excluding hydrogens is 326 g/mol. The number of hydrogen-bond donors (Lipinski definition) is 2. The van der Waals surface area contributed by atoms with Crippen molar-refractivity contribution in [3.63, 3.8) is 0 Å². The average Bonchev–Trinajstić information content (AvgIpc) is 2.51. The smallest absolute Gasteiger partial charge is 0.220 e. The Morgan fingerprint density at radius 3 is 2.87 bits per heavy atom. The molecule has 4 nitrogen and oxygen atoms in total. The van der Waals surface area contributed by atoms with E-state index in [1.54, 1.807) is 13.2 Å². The first-order valence-corrected chi connectivity index (χ1v) is 7.55. The molecule has 0 spiro atoms. The lowest BCUT2D eigenvalue weighted by molar-refractivity contribution is -0.122. The van der Waals surface area contributed by atoms with Crippen LogP contribution in [0.25, 0.3) is 0 Å². The van der Waals surface area contributed by atoms with Gasteiger partial charge in [-0.3, -0.25) is 4.79 Å². The van der Waals surface area contributed by atoms with Crippen LogP contribution in [0.4, 0.5) is 8.78 Å². The van der Waals surface area contributed by atoms with Crippen LogP contribution < -0.4 is 10.6 Å². The van der Waals surface area contributed by atoms with Crippen LogP contribution in [0.1, 0.15) is 30.7 Å². The Bertz CT molecular complexity index is 517. The van der Waals surface area contributed by atoms with E-state index in [4.69, 9.17) is 4.74 Å². The van der Waals surface area contributed by atoms with Gasteiger partial charge in [-0.25, -0.2) is 8.78 Å². The summed E-state index contributed by atoms with van der Waals surface area (Å²) in [7, 11) is 1.60. The monoisotopic (exact) mass is 348 g/mol. The highest BCUT2D eigenvalue weighted by molar-refractivity contribution is 5.85. The van der Waals surface area contributed by atoms with Crippen molar-refractivity contribution in [2.75, 3.05) is 26.8 Å². The number of nitrogens with one attached hydrogen (secondary N) is 2. The molecule has 1 aromatic rings. The average molecular weight is 349 g/mol. The molecule has 2 N–H and O–H groups in total. The van der Waals surface area contributed by atoms with Gasteiger partial charge in [0.05, 0.1) is 0 Å². The topological polar surface area (TPSA) is 50.4 Å². The quantitative estimate of drug-likeness (QED) is 0.776. The van der Waals surface area contributed by atoms with E-state index < -0.39 is 11.6 Å². The zero-order chi connectivity index (χ0) is 15.9. The molecular formula is C16H23ClF2N2O2. The number of benzene rings is 1. The van der Waals surface area contributed by atoms with E-state index in [9.17, 15) is 13.6 Å². The molecule has 2 atom stereocenters. The third kappa shape index (κ3) is 5.71. The fourth-order valence-corrected chi connectivity index (χ4v) is 2.81. The maximum Gasteiger partial charge on any atom is 0.220 e. The first-order chi connectivity index (χ1) is 10.6. The lowest BCUT2D eigenvalue weighted by atomic mass is 9.86. The number of methoxy groups -OCH3 is 1. The van der Waals surface area contributed by atoms with Gasteiger partial charge in [-0.2, -0.15) is 0 Å². The third-order valence-corrected chi connectivity index (χ3v) is 3.95. The predicted molar refractivity (Wildman–Crippen MR) is 86.9 cm³/mol. The highest BCUT2D eigenvalue weighted by Crippen LogP contribution is 2.27. The summed E-state index contributed by atoms with van der Waals surface area (Å²) < 4.78 is 31.4. The number of carbonyl (C=O) groups is 1. The molecule has 23 heavy (non-hydrogen) atoms. The zero-order valence-electron chi connectivity index (χ0n) is 13.1. The normalized spacial score (nSPS) is 20.7. The highest BCUT2D eigenvalue weighted by atomic mass is 35.5. The van der Waals surface area contributed by atoms with Gasteiger partial charge >= 0.3 is 0 Å². The van der Waals surface area contributed by atoms with E-state index in [2.05, 4.69) is 10.6 Å². The number of rotatable bonds is 6. The molecule has 1 aliphatic heterocycles.